The summed E-state index contributed by atoms with van der Waals surface area (Å²) in [6.45, 7) is 11.7. The van der Waals surface area contributed by atoms with Crippen molar-refractivity contribution in [3.05, 3.63) is 71.8 Å². The average molecular weight is 449 g/mol. The molecule has 0 radical (unpaired) electrons. The molecule has 0 aromatic heterocycles. The molecule has 33 heavy (non-hydrogen) atoms. The lowest BCUT2D eigenvalue weighted by Gasteiger charge is -2.36. The molecule has 0 heterocycles. The van der Waals surface area contributed by atoms with Crippen LogP contribution in [0, 0.1) is 35.0 Å². The zero-order valence-electron chi connectivity index (χ0n) is 20.9. The molecule has 0 saturated heterocycles. The van der Waals surface area contributed by atoms with Gasteiger partial charge in [-0.25, -0.2) is 0 Å². The highest BCUT2D eigenvalue weighted by atomic mass is 16.5. The van der Waals surface area contributed by atoms with Gasteiger partial charge in [0, 0.05) is 5.92 Å². The van der Waals surface area contributed by atoms with E-state index in [0.29, 0.717) is 24.4 Å². The van der Waals surface area contributed by atoms with Crippen LogP contribution in [0.2, 0.25) is 0 Å². The van der Waals surface area contributed by atoms with E-state index in [9.17, 15) is 4.79 Å². The van der Waals surface area contributed by atoms with Crippen LogP contribution in [0.4, 0.5) is 0 Å². The number of rotatable bonds is 8. The summed E-state index contributed by atoms with van der Waals surface area (Å²) in [5, 5.41) is 0. The Morgan fingerprint density at radius 2 is 1.55 bits per heavy atom. The monoisotopic (exact) mass is 448 g/mol. The van der Waals surface area contributed by atoms with Crippen LogP contribution in [0.1, 0.15) is 71.1 Å². The van der Waals surface area contributed by atoms with Crippen molar-refractivity contribution in [2.24, 2.45) is 35.0 Å². The van der Waals surface area contributed by atoms with Crippen LogP contribution < -0.4 is 0 Å². The number of esters is 1. The quantitative estimate of drug-likeness (QED) is 0.405. The van der Waals surface area contributed by atoms with Gasteiger partial charge < -0.3 is 9.47 Å². The first-order chi connectivity index (χ1) is 15.8. The second kappa shape index (κ2) is 10.0. The van der Waals surface area contributed by atoms with Gasteiger partial charge in [-0.2, -0.15) is 0 Å². The van der Waals surface area contributed by atoms with Gasteiger partial charge in [-0.15, -0.1) is 0 Å². The van der Waals surface area contributed by atoms with Crippen LogP contribution in [0.3, 0.4) is 0 Å². The van der Waals surface area contributed by atoms with Crippen LogP contribution in [-0.2, 0) is 14.3 Å². The molecule has 2 fully saturated rings. The van der Waals surface area contributed by atoms with E-state index in [1.807, 2.05) is 36.4 Å². The first kappa shape index (κ1) is 24.0. The lowest BCUT2D eigenvalue weighted by Crippen LogP contribution is -2.36. The molecule has 0 aliphatic heterocycles. The average Bonchev–Trinajstić information content (AvgIpc) is 3.35. The molecule has 5 unspecified atom stereocenters. The van der Waals surface area contributed by atoms with Gasteiger partial charge >= 0.3 is 5.97 Å². The van der Waals surface area contributed by atoms with E-state index in [1.54, 1.807) is 0 Å². The van der Waals surface area contributed by atoms with Crippen LogP contribution in [0.5, 0.6) is 0 Å². The van der Waals surface area contributed by atoms with E-state index in [-0.39, 0.29) is 35.4 Å². The topological polar surface area (TPSA) is 35.5 Å². The Bertz CT molecular complexity index is 865. The lowest BCUT2D eigenvalue weighted by atomic mass is 9.75. The Morgan fingerprint density at radius 1 is 0.970 bits per heavy atom. The highest BCUT2D eigenvalue weighted by molar-refractivity contribution is 5.77. The van der Waals surface area contributed by atoms with E-state index >= 15 is 0 Å². The van der Waals surface area contributed by atoms with Crippen LogP contribution in [-0.4, -0.2) is 18.7 Å². The van der Waals surface area contributed by atoms with E-state index < -0.39 is 0 Å². The first-order valence-corrected chi connectivity index (χ1v) is 12.7. The summed E-state index contributed by atoms with van der Waals surface area (Å²) >= 11 is 0. The number of carbonyl (C=O) groups excluding carboxylic acids is 1. The normalized spacial score (nSPS) is 28.6. The largest absolute Gasteiger partial charge is 0.462 e. The molecule has 2 aromatic carbocycles. The molecule has 5 atom stereocenters. The molecule has 2 aliphatic carbocycles. The molecule has 0 amide bonds. The number of benzene rings is 2. The van der Waals surface area contributed by atoms with Gasteiger partial charge in [0.05, 0.1) is 12.5 Å². The molecule has 4 rings (SSSR count). The fourth-order valence-electron chi connectivity index (χ4n) is 5.84. The minimum atomic E-state index is -0.134. The van der Waals surface area contributed by atoms with Gasteiger partial charge in [-0.3, -0.25) is 4.79 Å². The Labute approximate surface area is 199 Å². The third-order valence-electron chi connectivity index (χ3n) is 8.18. The molecule has 2 aliphatic rings. The zero-order valence-corrected chi connectivity index (χ0v) is 20.9. The van der Waals surface area contributed by atoms with Gasteiger partial charge in [-0.1, -0.05) is 102 Å². The van der Waals surface area contributed by atoms with Gasteiger partial charge in [0.2, 0.25) is 0 Å². The fraction of sp³-hybridized carbons (Fsp3) is 0.567. The maximum atomic E-state index is 13.3. The summed E-state index contributed by atoms with van der Waals surface area (Å²) in [6, 6.07) is 20.7. The van der Waals surface area contributed by atoms with Crippen molar-refractivity contribution in [3.63, 3.8) is 0 Å². The highest BCUT2D eigenvalue weighted by Gasteiger charge is 2.63. The minimum Gasteiger partial charge on any atom is -0.462 e. The van der Waals surface area contributed by atoms with Crippen LogP contribution >= 0.6 is 0 Å². The summed E-state index contributed by atoms with van der Waals surface area (Å²) < 4.78 is 12.7. The molecule has 178 valence electrons. The molecular formula is C30H40O3. The molecule has 3 heteroatoms. The molecule has 0 bridgehead atoms. The molecule has 3 nitrogen and oxygen atoms in total. The zero-order chi connectivity index (χ0) is 23.6. The second-order valence-electron chi connectivity index (χ2n) is 11.2. The van der Waals surface area contributed by atoms with Gasteiger partial charge in [0.15, 0.2) is 0 Å². The fourth-order valence-corrected chi connectivity index (χ4v) is 5.84. The van der Waals surface area contributed by atoms with E-state index in [2.05, 4.69) is 58.9 Å². The van der Waals surface area contributed by atoms with Crippen molar-refractivity contribution >= 4 is 5.97 Å². The second-order valence-corrected chi connectivity index (χ2v) is 11.2. The summed E-state index contributed by atoms with van der Waals surface area (Å²) in [4.78, 5) is 13.3. The molecular weight excluding hydrogens is 408 g/mol. The Morgan fingerprint density at radius 3 is 2.09 bits per heavy atom. The van der Waals surface area contributed by atoms with Crippen molar-refractivity contribution in [1.82, 2.24) is 0 Å². The molecule has 2 saturated carbocycles. The van der Waals surface area contributed by atoms with Crippen LogP contribution in [0.25, 0.3) is 0 Å². The summed E-state index contributed by atoms with van der Waals surface area (Å²) in [5.41, 5.74) is 2.18. The maximum Gasteiger partial charge on any atom is 0.310 e. The molecule has 0 N–H and O–H groups in total. The Hall–Kier alpha value is -2.13. The van der Waals surface area contributed by atoms with Gasteiger partial charge in [0.25, 0.3) is 0 Å². The number of hydrogen-bond acceptors (Lipinski definition) is 3. The molecule has 2 aromatic rings. The third-order valence-corrected chi connectivity index (χ3v) is 8.18. The highest BCUT2D eigenvalue weighted by Crippen LogP contribution is 2.59. The maximum absolute atomic E-state index is 13.3. The van der Waals surface area contributed by atoms with Crippen molar-refractivity contribution in [3.8, 4) is 0 Å². The number of carbonyl (C=O) groups is 1. The standard InChI is InChI=1S/C30H40O3/c1-20(2)24-17-16-21(3)18-26(24)33-29(31)27-25(30(27,4)5)19-32-28(22-12-8-6-9-13-22)23-14-10-7-11-15-23/h6-15,20-21,24-28H,16-19H2,1-5H3. The Balaban J connectivity index is 1.42. The third kappa shape index (κ3) is 5.35. The first-order valence-electron chi connectivity index (χ1n) is 12.7. The van der Waals surface area contributed by atoms with Gasteiger partial charge in [0.1, 0.15) is 12.2 Å². The van der Waals surface area contributed by atoms with Crippen molar-refractivity contribution in [2.75, 3.05) is 6.61 Å². The SMILES string of the molecule is CC1CCC(C(C)C)C(OC(=O)C2C(COC(c3ccccc3)c3ccccc3)C2(C)C)C1. The predicted molar refractivity (Wildman–Crippen MR) is 133 cm³/mol. The van der Waals surface area contributed by atoms with E-state index in [4.69, 9.17) is 9.47 Å². The number of ether oxygens (including phenoxy) is 2. The predicted octanol–water partition coefficient (Wildman–Crippen LogP) is 7.07. The summed E-state index contributed by atoms with van der Waals surface area (Å²) in [7, 11) is 0. The number of hydrogen-bond donors (Lipinski definition) is 0. The summed E-state index contributed by atoms with van der Waals surface area (Å²) in [6.07, 6.45) is 3.31. The van der Waals surface area contributed by atoms with E-state index in [0.717, 1.165) is 24.0 Å². The van der Waals surface area contributed by atoms with Gasteiger partial charge in [-0.05, 0) is 47.1 Å². The minimum absolute atomic E-state index is 0.0191. The van der Waals surface area contributed by atoms with Crippen molar-refractivity contribution in [1.29, 1.82) is 0 Å². The van der Waals surface area contributed by atoms with Crippen molar-refractivity contribution < 1.29 is 14.3 Å². The van der Waals surface area contributed by atoms with Crippen molar-refractivity contribution in [2.45, 2.75) is 66.1 Å². The summed E-state index contributed by atoms with van der Waals surface area (Å²) in [5.74, 6) is 1.71. The Kier molecular flexibility index (Phi) is 7.28. The smallest absolute Gasteiger partial charge is 0.310 e. The van der Waals surface area contributed by atoms with E-state index in [1.165, 1.54) is 6.42 Å². The lowest BCUT2D eigenvalue weighted by molar-refractivity contribution is -0.158. The van der Waals surface area contributed by atoms with Crippen LogP contribution in [0.15, 0.2) is 60.7 Å². The molecule has 0 spiro atoms.